The molecule has 0 heterocycles. The van der Waals surface area contributed by atoms with E-state index in [0.29, 0.717) is 22.9 Å². The monoisotopic (exact) mass is 352 g/mol. The van der Waals surface area contributed by atoms with Crippen molar-refractivity contribution in [3.8, 4) is 11.5 Å². The molecule has 110 valence electrons. The van der Waals surface area contributed by atoms with Gasteiger partial charge in [-0.15, -0.1) is 0 Å². The Balaban J connectivity index is 2.35. The standard InChI is InChI=1S/C14H13BrN2O4/c1-20-10-4-5-12(13(8-10)17(18)19)16-9-3-6-14(21-2)11(15)7-9/h3-8,16H,1-2H3. The van der Waals surface area contributed by atoms with Crippen LogP contribution in [0, 0.1) is 10.1 Å². The van der Waals surface area contributed by atoms with Crippen LogP contribution in [0.15, 0.2) is 40.9 Å². The Morgan fingerprint density at radius 2 is 1.90 bits per heavy atom. The zero-order chi connectivity index (χ0) is 15.4. The summed E-state index contributed by atoms with van der Waals surface area (Å²) in [7, 11) is 3.04. The van der Waals surface area contributed by atoms with E-state index in [1.807, 2.05) is 0 Å². The molecular formula is C14H13BrN2O4. The number of nitro benzene ring substituents is 1. The van der Waals surface area contributed by atoms with Gasteiger partial charge in [0, 0.05) is 5.69 Å². The number of halogens is 1. The summed E-state index contributed by atoms with van der Waals surface area (Å²) in [5.41, 5.74) is 1.04. The van der Waals surface area contributed by atoms with Crippen molar-refractivity contribution < 1.29 is 14.4 Å². The number of nitrogens with one attached hydrogen (secondary N) is 1. The van der Waals surface area contributed by atoms with E-state index in [1.54, 1.807) is 37.4 Å². The number of ether oxygens (including phenoxy) is 2. The first-order valence-corrected chi connectivity index (χ1v) is 6.77. The third-order valence-corrected chi connectivity index (χ3v) is 3.45. The van der Waals surface area contributed by atoms with Gasteiger partial charge in [-0.1, -0.05) is 0 Å². The maximum absolute atomic E-state index is 11.1. The number of hydrogen-bond donors (Lipinski definition) is 1. The lowest BCUT2D eigenvalue weighted by Gasteiger charge is -2.10. The molecule has 0 atom stereocenters. The van der Waals surface area contributed by atoms with Crippen LogP contribution in [-0.2, 0) is 0 Å². The molecule has 21 heavy (non-hydrogen) atoms. The molecule has 2 rings (SSSR count). The molecule has 0 aliphatic carbocycles. The maximum Gasteiger partial charge on any atom is 0.296 e. The van der Waals surface area contributed by atoms with Gasteiger partial charge in [0.1, 0.15) is 17.2 Å². The summed E-state index contributed by atoms with van der Waals surface area (Å²) in [6.45, 7) is 0. The van der Waals surface area contributed by atoms with Gasteiger partial charge in [0.2, 0.25) is 0 Å². The third kappa shape index (κ3) is 3.43. The van der Waals surface area contributed by atoms with E-state index >= 15 is 0 Å². The van der Waals surface area contributed by atoms with Gasteiger partial charge in [-0.25, -0.2) is 0 Å². The van der Waals surface area contributed by atoms with Crippen molar-refractivity contribution in [2.24, 2.45) is 0 Å². The second kappa shape index (κ2) is 6.45. The molecule has 0 aliphatic rings. The Kier molecular flexibility index (Phi) is 4.64. The van der Waals surface area contributed by atoms with Crippen molar-refractivity contribution in [3.63, 3.8) is 0 Å². The molecule has 0 saturated heterocycles. The smallest absolute Gasteiger partial charge is 0.296 e. The molecule has 0 fully saturated rings. The van der Waals surface area contributed by atoms with E-state index in [4.69, 9.17) is 9.47 Å². The lowest BCUT2D eigenvalue weighted by Crippen LogP contribution is -1.98. The predicted octanol–water partition coefficient (Wildman–Crippen LogP) is 4.12. The van der Waals surface area contributed by atoms with Crippen LogP contribution in [-0.4, -0.2) is 19.1 Å². The minimum Gasteiger partial charge on any atom is -0.496 e. The number of anilines is 2. The molecule has 0 radical (unpaired) electrons. The maximum atomic E-state index is 11.1. The highest BCUT2D eigenvalue weighted by Gasteiger charge is 2.15. The van der Waals surface area contributed by atoms with Gasteiger partial charge in [0.25, 0.3) is 5.69 Å². The number of nitro groups is 1. The zero-order valence-corrected chi connectivity index (χ0v) is 13.0. The van der Waals surface area contributed by atoms with E-state index in [0.717, 1.165) is 4.47 Å². The van der Waals surface area contributed by atoms with Gasteiger partial charge in [0.15, 0.2) is 0 Å². The van der Waals surface area contributed by atoms with E-state index in [1.165, 1.54) is 13.2 Å². The number of rotatable bonds is 5. The fraction of sp³-hybridized carbons (Fsp3) is 0.143. The van der Waals surface area contributed by atoms with Gasteiger partial charge < -0.3 is 14.8 Å². The Morgan fingerprint density at radius 3 is 2.48 bits per heavy atom. The largest absolute Gasteiger partial charge is 0.496 e. The summed E-state index contributed by atoms with van der Waals surface area (Å²) < 4.78 is 10.9. The minimum atomic E-state index is -0.455. The van der Waals surface area contributed by atoms with Gasteiger partial charge in [-0.3, -0.25) is 10.1 Å². The molecule has 0 aliphatic heterocycles. The Morgan fingerprint density at radius 1 is 1.14 bits per heavy atom. The molecule has 7 heteroatoms. The lowest BCUT2D eigenvalue weighted by atomic mass is 10.2. The first-order valence-electron chi connectivity index (χ1n) is 5.98. The molecule has 1 N–H and O–H groups in total. The number of nitrogens with zero attached hydrogens (tertiary/aromatic N) is 1. The average Bonchev–Trinajstić information content (AvgIpc) is 2.47. The normalized spacial score (nSPS) is 10.0. The van der Waals surface area contributed by atoms with Crippen molar-refractivity contribution in [2.45, 2.75) is 0 Å². The van der Waals surface area contributed by atoms with Gasteiger partial charge in [-0.2, -0.15) is 0 Å². The Labute approximate surface area is 130 Å². The number of benzene rings is 2. The topological polar surface area (TPSA) is 73.6 Å². The van der Waals surface area contributed by atoms with Crippen molar-refractivity contribution in [2.75, 3.05) is 19.5 Å². The quantitative estimate of drug-likeness (QED) is 0.647. The summed E-state index contributed by atoms with van der Waals surface area (Å²) in [5, 5.41) is 14.1. The zero-order valence-electron chi connectivity index (χ0n) is 11.4. The Bertz CT molecular complexity index is 676. The van der Waals surface area contributed by atoms with Crippen LogP contribution in [0.1, 0.15) is 0 Å². The molecule has 2 aromatic rings. The van der Waals surface area contributed by atoms with E-state index in [9.17, 15) is 10.1 Å². The third-order valence-electron chi connectivity index (χ3n) is 2.83. The molecule has 0 aromatic heterocycles. The Hall–Kier alpha value is -2.28. The highest BCUT2D eigenvalue weighted by Crippen LogP contribution is 2.34. The summed E-state index contributed by atoms with van der Waals surface area (Å²) in [6.07, 6.45) is 0. The lowest BCUT2D eigenvalue weighted by molar-refractivity contribution is -0.384. The summed E-state index contributed by atoms with van der Waals surface area (Å²) >= 11 is 3.37. The summed E-state index contributed by atoms with van der Waals surface area (Å²) in [4.78, 5) is 10.7. The average molecular weight is 353 g/mol. The van der Waals surface area contributed by atoms with Crippen molar-refractivity contribution in [1.29, 1.82) is 0 Å². The molecular weight excluding hydrogens is 340 g/mol. The second-order valence-electron chi connectivity index (χ2n) is 4.11. The molecule has 0 amide bonds. The number of hydrogen-bond acceptors (Lipinski definition) is 5. The van der Waals surface area contributed by atoms with E-state index < -0.39 is 4.92 Å². The van der Waals surface area contributed by atoms with Crippen molar-refractivity contribution >= 4 is 33.0 Å². The van der Waals surface area contributed by atoms with E-state index in [-0.39, 0.29) is 5.69 Å². The molecule has 0 saturated carbocycles. The van der Waals surface area contributed by atoms with Crippen LogP contribution in [0.2, 0.25) is 0 Å². The van der Waals surface area contributed by atoms with Gasteiger partial charge in [0.05, 0.1) is 29.7 Å². The highest BCUT2D eigenvalue weighted by molar-refractivity contribution is 9.10. The van der Waals surface area contributed by atoms with Crippen LogP contribution in [0.4, 0.5) is 17.1 Å². The second-order valence-corrected chi connectivity index (χ2v) is 4.97. The van der Waals surface area contributed by atoms with Crippen LogP contribution in [0.25, 0.3) is 0 Å². The van der Waals surface area contributed by atoms with Crippen LogP contribution >= 0.6 is 15.9 Å². The molecule has 0 unspecified atom stereocenters. The molecule has 6 nitrogen and oxygen atoms in total. The number of methoxy groups -OCH3 is 2. The molecule has 0 bridgehead atoms. The van der Waals surface area contributed by atoms with Crippen LogP contribution < -0.4 is 14.8 Å². The first-order chi connectivity index (χ1) is 10.0. The highest BCUT2D eigenvalue weighted by atomic mass is 79.9. The minimum absolute atomic E-state index is 0.0544. The first kappa shape index (κ1) is 15.1. The summed E-state index contributed by atoms with van der Waals surface area (Å²) in [5.74, 6) is 1.12. The SMILES string of the molecule is COc1ccc(Nc2ccc(OC)c(Br)c2)c([N+](=O)[O-])c1. The van der Waals surface area contributed by atoms with Crippen molar-refractivity contribution in [3.05, 3.63) is 51.0 Å². The fourth-order valence-corrected chi connectivity index (χ4v) is 2.34. The fourth-order valence-electron chi connectivity index (χ4n) is 1.79. The van der Waals surface area contributed by atoms with Gasteiger partial charge in [-0.05, 0) is 46.3 Å². The predicted molar refractivity (Wildman–Crippen MR) is 83.6 cm³/mol. The summed E-state index contributed by atoms with van der Waals surface area (Å²) in [6, 6.07) is 9.97. The van der Waals surface area contributed by atoms with Crippen molar-refractivity contribution in [1.82, 2.24) is 0 Å². The molecule has 2 aromatic carbocycles. The van der Waals surface area contributed by atoms with E-state index in [2.05, 4.69) is 21.2 Å². The molecule has 0 spiro atoms. The van der Waals surface area contributed by atoms with Crippen LogP contribution in [0.5, 0.6) is 11.5 Å². The van der Waals surface area contributed by atoms with Gasteiger partial charge >= 0.3 is 0 Å². The van der Waals surface area contributed by atoms with Crippen LogP contribution in [0.3, 0.4) is 0 Å².